The maximum Gasteiger partial charge on any atom is 0.419 e. The van der Waals surface area contributed by atoms with Crippen molar-refractivity contribution in [2.45, 2.75) is 38.4 Å². The van der Waals surface area contributed by atoms with E-state index >= 15 is 0 Å². The third-order valence-corrected chi connectivity index (χ3v) is 3.25. The van der Waals surface area contributed by atoms with E-state index in [1.807, 2.05) is 6.92 Å². The molecule has 0 bridgehead atoms. The summed E-state index contributed by atoms with van der Waals surface area (Å²) in [6, 6.07) is 3.83. The van der Waals surface area contributed by atoms with Gasteiger partial charge in [0.25, 0.3) is 0 Å². The fourth-order valence-electron chi connectivity index (χ4n) is 2.05. The van der Waals surface area contributed by atoms with Crippen molar-refractivity contribution in [1.29, 1.82) is 0 Å². The van der Waals surface area contributed by atoms with Gasteiger partial charge in [0, 0.05) is 6.04 Å². The molecule has 0 saturated heterocycles. The summed E-state index contributed by atoms with van der Waals surface area (Å²) in [5, 5.41) is 3.34. The molecule has 106 valence electrons. The van der Waals surface area contributed by atoms with Gasteiger partial charge < -0.3 is 5.32 Å². The molecule has 1 saturated carbocycles. The molecule has 2 rings (SSSR count). The van der Waals surface area contributed by atoms with Crippen LogP contribution in [-0.4, -0.2) is 12.6 Å². The molecule has 0 aromatic heterocycles. The van der Waals surface area contributed by atoms with E-state index in [9.17, 15) is 17.6 Å². The Hall–Kier alpha value is -1.10. The highest BCUT2D eigenvalue weighted by molar-refractivity contribution is 5.27. The van der Waals surface area contributed by atoms with Gasteiger partial charge in [-0.3, -0.25) is 0 Å². The second-order valence-corrected chi connectivity index (χ2v) is 5.30. The van der Waals surface area contributed by atoms with E-state index in [4.69, 9.17) is 0 Å². The Kier molecular flexibility index (Phi) is 4.13. The standard InChI is InChI=1S/C14H17F4N/c1-9(8-19-11-3-4-11)6-10-2-5-13(15)12(7-10)14(16,17)18/h2,5,7,9,11,19H,3-4,6,8H2,1H3. The van der Waals surface area contributed by atoms with E-state index in [0.29, 0.717) is 18.0 Å². The van der Waals surface area contributed by atoms with E-state index in [0.717, 1.165) is 18.7 Å². The summed E-state index contributed by atoms with van der Waals surface area (Å²) in [4.78, 5) is 0. The summed E-state index contributed by atoms with van der Waals surface area (Å²) in [7, 11) is 0. The first-order valence-corrected chi connectivity index (χ1v) is 6.45. The largest absolute Gasteiger partial charge is 0.419 e. The molecule has 19 heavy (non-hydrogen) atoms. The normalized spacial score (nSPS) is 17.5. The molecule has 1 aromatic rings. The Morgan fingerprint density at radius 2 is 2.00 bits per heavy atom. The average molecular weight is 275 g/mol. The SMILES string of the molecule is CC(CNC1CC1)Cc1ccc(F)c(C(F)(F)F)c1. The van der Waals surface area contributed by atoms with Crippen LogP contribution in [0.25, 0.3) is 0 Å². The van der Waals surface area contributed by atoms with Crippen molar-refractivity contribution in [3.8, 4) is 0 Å². The lowest BCUT2D eigenvalue weighted by molar-refractivity contribution is -0.140. The van der Waals surface area contributed by atoms with Crippen molar-refractivity contribution in [1.82, 2.24) is 5.32 Å². The Morgan fingerprint density at radius 1 is 1.32 bits per heavy atom. The fraction of sp³-hybridized carbons (Fsp3) is 0.571. The van der Waals surface area contributed by atoms with Crippen LogP contribution in [0.4, 0.5) is 17.6 Å². The highest BCUT2D eigenvalue weighted by atomic mass is 19.4. The number of rotatable bonds is 5. The molecule has 1 aliphatic rings. The number of nitrogens with one attached hydrogen (secondary N) is 1. The highest BCUT2D eigenvalue weighted by Crippen LogP contribution is 2.32. The summed E-state index contributed by atoms with van der Waals surface area (Å²) in [5.74, 6) is -0.979. The van der Waals surface area contributed by atoms with E-state index in [1.165, 1.54) is 18.9 Å². The van der Waals surface area contributed by atoms with Gasteiger partial charge in [0.1, 0.15) is 5.82 Å². The average Bonchev–Trinajstić information content (AvgIpc) is 3.11. The van der Waals surface area contributed by atoms with Crippen LogP contribution < -0.4 is 5.32 Å². The van der Waals surface area contributed by atoms with E-state index < -0.39 is 17.6 Å². The molecule has 1 aromatic carbocycles. The maximum atomic E-state index is 13.1. The predicted molar refractivity (Wildman–Crippen MR) is 65.3 cm³/mol. The van der Waals surface area contributed by atoms with Crippen LogP contribution in [-0.2, 0) is 12.6 Å². The zero-order chi connectivity index (χ0) is 14.0. The third kappa shape index (κ3) is 4.20. The number of hydrogen-bond acceptors (Lipinski definition) is 1. The minimum atomic E-state index is -4.63. The van der Waals surface area contributed by atoms with Crippen LogP contribution in [0.15, 0.2) is 18.2 Å². The molecule has 1 unspecified atom stereocenters. The van der Waals surface area contributed by atoms with Crippen molar-refractivity contribution in [2.24, 2.45) is 5.92 Å². The van der Waals surface area contributed by atoms with Crippen LogP contribution in [0.1, 0.15) is 30.9 Å². The van der Waals surface area contributed by atoms with Crippen molar-refractivity contribution >= 4 is 0 Å². The molecule has 1 fully saturated rings. The van der Waals surface area contributed by atoms with E-state index in [2.05, 4.69) is 5.32 Å². The quantitative estimate of drug-likeness (QED) is 0.806. The predicted octanol–water partition coefficient (Wildman–Crippen LogP) is 3.78. The van der Waals surface area contributed by atoms with Crippen molar-refractivity contribution in [2.75, 3.05) is 6.54 Å². The van der Waals surface area contributed by atoms with Gasteiger partial charge in [-0.15, -0.1) is 0 Å². The molecule has 0 amide bonds. The van der Waals surface area contributed by atoms with Crippen molar-refractivity contribution in [3.63, 3.8) is 0 Å². The van der Waals surface area contributed by atoms with Gasteiger partial charge in [0.15, 0.2) is 0 Å². The van der Waals surface area contributed by atoms with Crippen LogP contribution >= 0.6 is 0 Å². The van der Waals surface area contributed by atoms with E-state index in [1.54, 1.807) is 0 Å². The van der Waals surface area contributed by atoms with Crippen LogP contribution in [0.2, 0.25) is 0 Å². The summed E-state index contributed by atoms with van der Waals surface area (Å²) >= 11 is 0. The molecule has 1 N–H and O–H groups in total. The second-order valence-electron chi connectivity index (χ2n) is 5.30. The lowest BCUT2D eigenvalue weighted by atomic mass is 9.99. The monoisotopic (exact) mass is 275 g/mol. The smallest absolute Gasteiger partial charge is 0.314 e. The number of alkyl halides is 3. The maximum absolute atomic E-state index is 13.1. The van der Waals surface area contributed by atoms with Gasteiger partial charge in [-0.1, -0.05) is 13.0 Å². The highest BCUT2D eigenvalue weighted by Gasteiger charge is 2.34. The van der Waals surface area contributed by atoms with Crippen molar-refractivity contribution in [3.05, 3.63) is 35.1 Å². The Balaban J connectivity index is 1.99. The summed E-state index contributed by atoms with van der Waals surface area (Å²) in [5.41, 5.74) is -0.647. The molecule has 0 heterocycles. The number of benzene rings is 1. The first-order chi connectivity index (χ1) is 8.86. The van der Waals surface area contributed by atoms with Gasteiger partial charge in [0.05, 0.1) is 5.56 Å². The molecule has 5 heteroatoms. The molecular weight excluding hydrogens is 258 g/mol. The number of halogens is 4. The van der Waals surface area contributed by atoms with Crippen LogP contribution in [0.3, 0.4) is 0 Å². The van der Waals surface area contributed by atoms with Crippen molar-refractivity contribution < 1.29 is 17.6 Å². The van der Waals surface area contributed by atoms with Gasteiger partial charge >= 0.3 is 6.18 Å². The molecule has 1 nitrogen and oxygen atoms in total. The fourth-order valence-corrected chi connectivity index (χ4v) is 2.05. The lowest BCUT2D eigenvalue weighted by Crippen LogP contribution is -2.24. The molecule has 1 atom stereocenters. The third-order valence-electron chi connectivity index (χ3n) is 3.25. The lowest BCUT2D eigenvalue weighted by Gasteiger charge is -2.14. The Labute approximate surface area is 110 Å². The molecule has 0 radical (unpaired) electrons. The van der Waals surface area contributed by atoms with Gasteiger partial charge in [0.2, 0.25) is 0 Å². The van der Waals surface area contributed by atoms with Crippen LogP contribution in [0, 0.1) is 11.7 Å². The summed E-state index contributed by atoms with van der Waals surface area (Å²) in [6.45, 7) is 2.76. The zero-order valence-corrected chi connectivity index (χ0v) is 10.7. The van der Waals surface area contributed by atoms with E-state index in [-0.39, 0.29) is 5.92 Å². The zero-order valence-electron chi connectivity index (χ0n) is 10.7. The van der Waals surface area contributed by atoms with Gasteiger partial charge in [-0.2, -0.15) is 13.2 Å². The molecular formula is C14H17F4N. The van der Waals surface area contributed by atoms with Gasteiger partial charge in [-0.25, -0.2) is 4.39 Å². The second kappa shape index (κ2) is 5.49. The molecule has 0 spiro atoms. The van der Waals surface area contributed by atoms with Gasteiger partial charge in [-0.05, 0) is 49.4 Å². The number of hydrogen-bond donors (Lipinski definition) is 1. The first kappa shape index (κ1) is 14.3. The molecule has 1 aliphatic carbocycles. The summed E-state index contributed by atoms with van der Waals surface area (Å²) in [6.07, 6.45) is -1.75. The minimum absolute atomic E-state index is 0.229. The Morgan fingerprint density at radius 3 is 2.58 bits per heavy atom. The minimum Gasteiger partial charge on any atom is -0.314 e. The molecule has 0 aliphatic heterocycles. The van der Waals surface area contributed by atoms with Crippen LogP contribution in [0.5, 0.6) is 0 Å². The summed E-state index contributed by atoms with van der Waals surface area (Å²) < 4.78 is 50.9. The Bertz CT molecular complexity index is 438. The first-order valence-electron chi connectivity index (χ1n) is 6.45. The topological polar surface area (TPSA) is 12.0 Å².